The molecule has 2 aliphatic heterocycles. The van der Waals surface area contributed by atoms with Crippen molar-refractivity contribution < 1.29 is 9.59 Å². The van der Waals surface area contributed by atoms with E-state index in [1.54, 1.807) is 25.2 Å². The maximum Gasteiger partial charge on any atom is 0.315 e. The quantitative estimate of drug-likeness (QED) is 0.504. The summed E-state index contributed by atoms with van der Waals surface area (Å²) < 4.78 is 1.42. The third-order valence-corrected chi connectivity index (χ3v) is 6.79. The molecule has 2 fully saturated rings. The van der Waals surface area contributed by atoms with Gasteiger partial charge in [-0.3, -0.25) is 9.59 Å². The van der Waals surface area contributed by atoms with E-state index in [1.807, 2.05) is 11.8 Å². The molecule has 0 unspecified atom stereocenters. The third-order valence-electron chi connectivity index (χ3n) is 5.28. The Morgan fingerprint density at radius 3 is 3.04 bits per heavy atom. The van der Waals surface area contributed by atoms with Crippen LogP contribution >= 0.6 is 11.8 Å². The minimum absolute atomic E-state index is 0.0622. The zero-order valence-electron chi connectivity index (χ0n) is 15.6. The highest BCUT2D eigenvalue weighted by molar-refractivity contribution is 8.00. The van der Waals surface area contributed by atoms with E-state index < -0.39 is 0 Å². The lowest BCUT2D eigenvalue weighted by Gasteiger charge is -2.16. The second-order valence-electron chi connectivity index (χ2n) is 7.31. The van der Waals surface area contributed by atoms with Crippen LogP contribution in [0.1, 0.15) is 25.7 Å². The molecule has 3 heterocycles. The zero-order valence-corrected chi connectivity index (χ0v) is 16.4. The van der Waals surface area contributed by atoms with Crippen molar-refractivity contribution in [3.63, 3.8) is 0 Å². The fraction of sp³-hybridized carbons (Fsp3) is 0.474. The van der Waals surface area contributed by atoms with E-state index in [2.05, 4.69) is 20.9 Å². The molecule has 3 atom stereocenters. The van der Waals surface area contributed by atoms with Crippen LogP contribution in [0.15, 0.2) is 29.3 Å². The molecule has 9 heteroatoms. The fourth-order valence-electron chi connectivity index (χ4n) is 3.79. The number of unbranched alkanes of at least 4 members (excludes halogenated alkanes) is 1. The molecule has 0 aliphatic carbocycles. The van der Waals surface area contributed by atoms with Crippen LogP contribution in [-0.4, -0.2) is 44.6 Å². The number of hydrogen-bond donors (Lipinski definition) is 3. The Balaban J connectivity index is 1.26. The first-order valence-corrected chi connectivity index (χ1v) is 10.5. The van der Waals surface area contributed by atoms with Crippen molar-refractivity contribution >= 4 is 40.3 Å². The number of hydrogen-bond acceptors (Lipinski definition) is 5. The Hall–Kier alpha value is -2.55. The first kappa shape index (κ1) is 18.8. The summed E-state index contributed by atoms with van der Waals surface area (Å²) in [6.07, 6.45) is 4.63. The first-order valence-electron chi connectivity index (χ1n) is 9.45. The number of urea groups is 1. The summed E-state index contributed by atoms with van der Waals surface area (Å²) >= 11 is 1.89. The number of carbonyl (C=O) groups excluding carboxylic acids is 2. The van der Waals surface area contributed by atoms with Gasteiger partial charge in [0.05, 0.1) is 29.3 Å². The Kier molecular flexibility index (Phi) is 5.25. The normalized spacial score (nSPS) is 23.3. The van der Waals surface area contributed by atoms with Crippen molar-refractivity contribution in [2.24, 2.45) is 7.05 Å². The highest BCUT2D eigenvalue weighted by Gasteiger charge is 2.42. The Morgan fingerprint density at radius 1 is 1.32 bits per heavy atom. The standard InChI is InChI=1S/C19H23N5O3S/c1-24-10-20-13-7-6-11(8-12(13)18(24)26)21-16(25)5-3-2-4-15-17-14(9-28-15)22-19(27)23-17/h6-8,10,14-15,17H,2-5,9H2,1H3,(H,21,25)(H2,22,23,27)/t14-,15-,17-/m0/s1. The van der Waals surface area contributed by atoms with Crippen LogP contribution in [0.5, 0.6) is 0 Å². The van der Waals surface area contributed by atoms with E-state index in [4.69, 9.17) is 0 Å². The molecule has 2 saturated heterocycles. The smallest absolute Gasteiger partial charge is 0.315 e. The number of aromatic nitrogens is 2. The predicted molar refractivity (Wildman–Crippen MR) is 110 cm³/mol. The lowest BCUT2D eigenvalue weighted by molar-refractivity contribution is -0.116. The van der Waals surface area contributed by atoms with Gasteiger partial charge in [0.2, 0.25) is 5.91 Å². The lowest BCUT2D eigenvalue weighted by Crippen LogP contribution is -2.36. The van der Waals surface area contributed by atoms with Gasteiger partial charge in [-0.05, 0) is 31.0 Å². The number of rotatable bonds is 6. The lowest BCUT2D eigenvalue weighted by atomic mass is 10.0. The SMILES string of the molecule is Cn1cnc2ccc(NC(=O)CCCC[C@@H]3SC[C@@H]4NC(=O)N[C@@H]43)cc2c1=O. The van der Waals surface area contributed by atoms with Gasteiger partial charge in [0.15, 0.2) is 0 Å². The zero-order chi connectivity index (χ0) is 19.7. The number of nitrogens with one attached hydrogen (secondary N) is 3. The van der Waals surface area contributed by atoms with Crippen LogP contribution in [0.2, 0.25) is 0 Å². The molecule has 0 bridgehead atoms. The summed E-state index contributed by atoms with van der Waals surface area (Å²) in [6, 6.07) is 5.55. The van der Waals surface area contributed by atoms with Crippen LogP contribution in [0, 0.1) is 0 Å². The molecule has 3 amide bonds. The average Bonchev–Trinajstić information content (AvgIpc) is 3.22. The highest BCUT2D eigenvalue weighted by atomic mass is 32.2. The number of nitrogens with zero attached hydrogens (tertiary/aromatic N) is 2. The highest BCUT2D eigenvalue weighted by Crippen LogP contribution is 2.33. The molecule has 1 aromatic carbocycles. The van der Waals surface area contributed by atoms with Gasteiger partial charge in [-0.15, -0.1) is 0 Å². The Morgan fingerprint density at radius 2 is 2.18 bits per heavy atom. The number of fused-ring (bicyclic) bond motifs is 2. The Labute approximate surface area is 166 Å². The minimum Gasteiger partial charge on any atom is -0.332 e. The molecule has 1 aromatic heterocycles. The summed E-state index contributed by atoms with van der Waals surface area (Å²) in [6.45, 7) is 0. The monoisotopic (exact) mass is 401 g/mol. The van der Waals surface area contributed by atoms with Crippen molar-refractivity contribution in [1.82, 2.24) is 20.2 Å². The molecule has 148 valence electrons. The molecule has 4 rings (SSSR count). The minimum atomic E-state index is -0.137. The average molecular weight is 401 g/mol. The van der Waals surface area contributed by atoms with Crippen molar-refractivity contribution in [3.8, 4) is 0 Å². The van der Waals surface area contributed by atoms with Gasteiger partial charge < -0.3 is 20.5 Å². The summed E-state index contributed by atoms with van der Waals surface area (Å²) in [5.41, 5.74) is 1.08. The first-order chi connectivity index (χ1) is 13.5. The van der Waals surface area contributed by atoms with Gasteiger partial charge in [-0.2, -0.15) is 11.8 Å². The van der Waals surface area contributed by atoms with Crippen molar-refractivity contribution in [3.05, 3.63) is 34.9 Å². The summed E-state index contributed by atoms with van der Waals surface area (Å²) in [5, 5.41) is 9.69. The van der Waals surface area contributed by atoms with E-state index in [0.29, 0.717) is 28.3 Å². The molecule has 8 nitrogen and oxygen atoms in total. The summed E-state index contributed by atoms with van der Waals surface area (Å²) in [5.74, 6) is 0.887. The largest absolute Gasteiger partial charge is 0.332 e. The molecule has 0 spiro atoms. The van der Waals surface area contributed by atoms with Crippen LogP contribution < -0.4 is 21.5 Å². The van der Waals surface area contributed by atoms with E-state index in [9.17, 15) is 14.4 Å². The predicted octanol–water partition coefficient (Wildman–Crippen LogP) is 1.60. The summed E-state index contributed by atoms with van der Waals surface area (Å²) in [7, 11) is 1.65. The van der Waals surface area contributed by atoms with Gasteiger partial charge in [0, 0.05) is 30.2 Å². The molecule has 0 saturated carbocycles. The number of aryl methyl sites for hydroxylation is 1. The van der Waals surface area contributed by atoms with Crippen molar-refractivity contribution in [2.75, 3.05) is 11.1 Å². The molecule has 28 heavy (non-hydrogen) atoms. The van der Waals surface area contributed by atoms with Gasteiger partial charge in [-0.1, -0.05) is 6.42 Å². The third kappa shape index (κ3) is 3.84. The summed E-state index contributed by atoms with van der Waals surface area (Å²) in [4.78, 5) is 40.0. The van der Waals surface area contributed by atoms with Crippen molar-refractivity contribution in [2.45, 2.75) is 43.0 Å². The number of anilines is 1. The Bertz CT molecular complexity index is 976. The second kappa shape index (κ2) is 7.83. The van der Waals surface area contributed by atoms with Crippen LogP contribution in [-0.2, 0) is 11.8 Å². The van der Waals surface area contributed by atoms with Crippen LogP contribution in [0.4, 0.5) is 10.5 Å². The van der Waals surface area contributed by atoms with Crippen LogP contribution in [0.25, 0.3) is 10.9 Å². The van der Waals surface area contributed by atoms with Gasteiger partial charge in [0.25, 0.3) is 5.56 Å². The van der Waals surface area contributed by atoms with E-state index in [-0.39, 0.29) is 29.6 Å². The molecule has 2 aromatic rings. The topological polar surface area (TPSA) is 105 Å². The molecular weight excluding hydrogens is 378 g/mol. The molecule has 2 aliphatic rings. The second-order valence-corrected chi connectivity index (χ2v) is 8.58. The van der Waals surface area contributed by atoms with Crippen molar-refractivity contribution in [1.29, 1.82) is 0 Å². The maximum absolute atomic E-state index is 12.2. The van der Waals surface area contributed by atoms with E-state index in [1.165, 1.54) is 10.9 Å². The van der Waals surface area contributed by atoms with Gasteiger partial charge >= 0.3 is 6.03 Å². The number of thioether (sulfide) groups is 1. The number of amides is 3. The number of carbonyl (C=O) groups is 2. The number of benzene rings is 1. The molecule has 0 radical (unpaired) electrons. The molecular formula is C19H23N5O3S. The maximum atomic E-state index is 12.2. The molecule has 3 N–H and O–H groups in total. The van der Waals surface area contributed by atoms with Gasteiger partial charge in [0.1, 0.15) is 0 Å². The fourth-order valence-corrected chi connectivity index (χ4v) is 5.33. The van der Waals surface area contributed by atoms with E-state index in [0.717, 1.165) is 25.0 Å². The van der Waals surface area contributed by atoms with Gasteiger partial charge in [-0.25, -0.2) is 9.78 Å². The van der Waals surface area contributed by atoms with E-state index >= 15 is 0 Å². The van der Waals surface area contributed by atoms with Crippen LogP contribution in [0.3, 0.4) is 0 Å².